The highest BCUT2D eigenvalue weighted by Gasteiger charge is 2.35. The lowest BCUT2D eigenvalue weighted by Crippen LogP contribution is -2.10. The Hall–Kier alpha value is -2.79. The smallest absolute Gasteiger partial charge is 0.419 e. The molecule has 0 bridgehead atoms. The molecule has 0 saturated carbocycles. The Bertz CT molecular complexity index is 786. The van der Waals surface area contributed by atoms with Gasteiger partial charge < -0.3 is 15.2 Å². The predicted octanol–water partition coefficient (Wildman–Crippen LogP) is 3.44. The second-order valence-electron chi connectivity index (χ2n) is 5.08. The number of aliphatic hydroxyl groups excluding tert-OH is 1. The molecular weight excluding hydrogens is 335 g/mol. The molecule has 0 aliphatic carbocycles. The molecule has 132 valence electrons. The van der Waals surface area contributed by atoms with Crippen LogP contribution in [0.5, 0.6) is 5.75 Å². The van der Waals surface area contributed by atoms with Gasteiger partial charge in [-0.25, -0.2) is 4.98 Å². The zero-order valence-electron chi connectivity index (χ0n) is 13.4. The van der Waals surface area contributed by atoms with E-state index in [0.717, 1.165) is 6.07 Å². The number of benzene rings is 1. The zero-order chi connectivity index (χ0) is 18.4. The number of ether oxygens (including phenoxy) is 1. The molecule has 25 heavy (non-hydrogen) atoms. The molecule has 2 aromatic rings. The topological polar surface area (TPSA) is 78.2 Å². The molecule has 1 aromatic carbocycles. The fraction of sp³-hybridized carbons (Fsp3) is 0.294. The minimum Gasteiger partial charge on any atom is -0.493 e. The van der Waals surface area contributed by atoms with Gasteiger partial charge in [-0.3, -0.25) is 0 Å². The van der Waals surface area contributed by atoms with Gasteiger partial charge in [0.25, 0.3) is 0 Å². The van der Waals surface area contributed by atoms with Crippen molar-refractivity contribution in [2.45, 2.75) is 12.6 Å². The molecule has 1 aromatic heterocycles. The lowest BCUT2D eigenvalue weighted by atomic mass is 9.99. The quantitative estimate of drug-likeness (QED) is 0.780. The molecular formula is C17H16F3N3O2. The Balaban J connectivity index is 2.57. The molecule has 8 heteroatoms. The molecule has 2 N–H and O–H groups in total. The summed E-state index contributed by atoms with van der Waals surface area (Å²) >= 11 is 0. The number of halogens is 3. The third kappa shape index (κ3) is 4.19. The van der Waals surface area contributed by atoms with E-state index in [4.69, 9.17) is 9.84 Å². The molecule has 2 rings (SSSR count). The van der Waals surface area contributed by atoms with E-state index in [-0.39, 0.29) is 36.6 Å². The fourth-order valence-corrected chi connectivity index (χ4v) is 2.33. The molecule has 0 saturated heterocycles. The van der Waals surface area contributed by atoms with Gasteiger partial charge >= 0.3 is 6.18 Å². The van der Waals surface area contributed by atoms with Crippen molar-refractivity contribution in [3.8, 4) is 22.9 Å². The van der Waals surface area contributed by atoms with E-state index in [1.54, 1.807) is 13.1 Å². The predicted molar refractivity (Wildman–Crippen MR) is 86.1 cm³/mol. The number of nitriles is 1. The number of nitrogens with zero attached hydrogens (tertiary/aromatic N) is 2. The Morgan fingerprint density at radius 1 is 1.32 bits per heavy atom. The third-order valence-electron chi connectivity index (χ3n) is 3.46. The van der Waals surface area contributed by atoms with Crippen LogP contribution in [0.15, 0.2) is 30.5 Å². The van der Waals surface area contributed by atoms with Crippen molar-refractivity contribution in [2.24, 2.45) is 0 Å². The average molecular weight is 351 g/mol. The molecule has 0 amide bonds. The van der Waals surface area contributed by atoms with Crippen molar-refractivity contribution >= 4 is 5.69 Å². The van der Waals surface area contributed by atoms with E-state index < -0.39 is 11.7 Å². The van der Waals surface area contributed by atoms with Crippen LogP contribution in [-0.4, -0.2) is 30.4 Å². The number of aliphatic hydroxyl groups is 1. The van der Waals surface area contributed by atoms with Gasteiger partial charge in [-0.2, -0.15) is 18.4 Å². The van der Waals surface area contributed by atoms with E-state index in [0.29, 0.717) is 11.3 Å². The highest BCUT2D eigenvalue weighted by molar-refractivity contribution is 5.82. The largest absolute Gasteiger partial charge is 0.493 e. The van der Waals surface area contributed by atoms with Crippen molar-refractivity contribution in [1.29, 1.82) is 5.26 Å². The number of aromatic nitrogens is 1. The maximum absolute atomic E-state index is 13.4. The molecule has 1 heterocycles. The van der Waals surface area contributed by atoms with Crippen LogP contribution < -0.4 is 10.1 Å². The van der Waals surface area contributed by atoms with Crippen LogP contribution >= 0.6 is 0 Å². The van der Waals surface area contributed by atoms with Gasteiger partial charge in [0.1, 0.15) is 17.5 Å². The summed E-state index contributed by atoms with van der Waals surface area (Å²) in [5, 5.41) is 20.8. The molecule has 0 fully saturated rings. The molecule has 0 radical (unpaired) electrons. The molecule has 5 nitrogen and oxygen atoms in total. The molecule has 0 aliphatic heterocycles. The summed E-state index contributed by atoms with van der Waals surface area (Å²) in [6.07, 6.45) is -2.99. The van der Waals surface area contributed by atoms with Crippen molar-refractivity contribution in [1.82, 2.24) is 4.98 Å². The normalized spacial score (nSPS) is 11.0. The van der Waals surface area contributed by atoms with Gasteiger partial charge in [-0.15, -0.1) is 0 Å². The Morgan fingerprint density at radius 2 is 2.08 bits per heavy atom. The number of anilines is 1. The number of hydrogen-bond acceptors (Lipinski definition) is 5. The van der Waals surface area contributed by atoms with E-state index in [2.05, 4.69) is 10.3 Å². The average Bonchev–Trinajstić information content (AvgIpc) is 2.60. The van der Waals surface area contributed by atoms with E-state index in [9.17, 15) is 18.4 Å². The summed E-state index contributed by atoms with van der Waals surface area (Å²) in [6, 6.07) is 7.07. The Morgan fingerprint density at radius 3 is 2.68 bits per heavy atom. The Labute approximate surface area is 142 Å². The van der Waals surface area contributed by atoms with Crippen LogP contribution in [0.4, 0.5) is 18.9 Å². The summed E-state index contributed by atoms with van der Waals surface area (Å²) < 4.78 is 45.3. The maximum Gasteiger partial charge on any atom is 0.419 e. The standard InChI is InChI=1S/C17H16F3N3O2/c1-22-13-5-6-23-14(10-21)16(13)11-3-4-15(25-8-2-7-24)12(9-11)17(18,19)20/h3-6,9,24H,2,7-8H2,1H3,(H,22,23). The van der Waals surface area contributed by atoms with Crippen LogP contribution in [0.25, 0.3) is 11.1 Å². The second-order valence-corrected chi connectivity index (χ2v) is 5.08. The molecule has 0 spiro atoms. The maximum atomic E-state index is 13.4. The van der Waals surface area contributed by atoms with Crippen LogP contribution in [0.3, 0.4) is 0 Å². The summed E-state index contributed by atoms with van der Waals surface area (Å²) in [6.45, 7) is -0.205. The number of nitrogens with one attached hydrogen (secondary N) is 1. The van der Waals surface area contributed by atoms with Crippen LogP contribution in [-0.2, 0) is 6.18 Å². The van der Waals surface area contributed by atoms with Gasteiger partial charge in [0.15, 0.2) is 0 Å². The highest BCUT2D eigenvalue weighted by Crippen LogP contribution is 2.40. The van der Waals surface area contributed by atoms with Gasteiger partial charge in [0.05, 0.1) is 12.2 Å². The SMILES string of the molecule is CNc1ccnc(C#N)c1-c1ccc(OCCCO)c(C(F)(F)F)c1. The number of pyridine rings is 1. The first-order chi connectivity index (χ1) is 11.9. The number of hydrogen-bond donors (Lipinski definition) is 2. The fourth-order valence-electron chi connectivity index (χ4n) is 2.33. The minimum absolute atomic E-state index is 0.0222. The Kier molecular flexibility index (Phi) is 5.83. The van der Waals surface area contributed by atoms with Crippen LogP contribution in [0.2, 0.25) is 0 Å². The second kappa shape index (κ2) is 7.85. The van der Waals surface area contributed by atoms with Gasteiger partial charge in [0, 0.05) is 37.5 Å². The number of alkyl halides is 3. The van der Waals surface area contributed by atoms with Gasteiger partial charge in [-0.1, -0.05) is 6.07 Å². The summed E-state index contributed by atoms with van der Waals surface area (Å²) in [5.74, 6) is -0.321. The monoisotopic (exact) mass is 351 g/mol. The van der Waals surface area contributed by atoms with Gasteiger partial charge in [-0.05, 0) is 23.8 Å². The third-order valence-corrected chi connectivity index (χ3v) is 3.46. The van der Waals surface area contributed by atoms with E-state index >= 15 is 0 Å². The molecule has 0 atom stereocenters. The van der Waals surface area contributed by atoms with Crippen LogP contribution in [0, 0.1) is 11.3 Å². The van der Waals surface area contributed by atoms with Crippen molar-refractivity contribution in [2.75, 3.05) is 25.6 Å². The van der Waals surface area contributed by atoms with Crippen molar-refractivity contribution in [3.05, 3.63) is 41.7 Å². The zero-order valence-corrected chi connectivity index (χ0v) is 13.4. The summed E-state index contributed by atoms with van der Waals surface area (Å²) in [5.41, 5.74) is 0.0658. The summed E-state index contributed by atoms with van der Waals surface area (Å²) in [7, 11) is 1.61. The number of rotatable bonds is 6. The lowest BCUT2D eigenvalue weighted by Gasteiger charge is -2.17. The summed E-state index contributed by atoms with van der Waals surface area (Å²) in [4.78, 5) is 3.92. The lowest BCUT2D eigenvalue weighted by molar-refractivity contribution is -0.138. The van der Waals surface area contributed by atoms with Gasteiger partial charge in [0.2, 0.25) is 0 Å². The first kappa shape index (κ1) is 18.5. The highest BCUT2D eigenvalue weighted by atomic mass is 19.4. The van der Waals surface area contributed by atoms with Crippen molar-refractivity contribution < 1.29 is 23.0 Å². The van der Waals surface area contributed by atoms with Crippen LogP contribution in [0.1, 0.15) is 17.7 Å². The van der Waals surface area contributed by atoms with E-state index in [1.165, 1.54) is 18.3 Å². The first-order valence-corrected chi connectivity index (χ1v) is 7.44. The minimum atomic E-state index is -4.63. The van der Waals surface area contributed by atoms with E-state index in [1.807, 2.05) is 6.07 Å². The van der Waals surface area contributed by atoms with Crippen molar-refractivity contribution in [3.63, 3.8) is 0 Å². The first-order valence-electron chi connectivity index (χ1n) is 7.44. The molecule has 0 unspecified atom stereocenters. The molecule has 0 aliphatic rings.